The predicted octanol–water partition coefficient (Wildman–Crippen LogP) is 4.93. The maximum Gasteiger partial charge on any atom is 0.276 e. The number of carbonyl (C=O) groups is 1. The molecule has 1 saturated heterocycles. The quantitative estimate of drug-likeness (QED) is 0.133. The predicted molar refractivity (Wildman–Crippen MR) is 164 cm³/mol. The van der Waals surface area contributed by atoms with E-state index in [-0.39, 0.29) is 65.3 Å². The van der Waals surface area contributed by atoms with Gasteiger partial charge >= 0.3 is 0 Å². The first-order valence-electron chi connectivity index (χ1n) is 13.9. The van der Waals surface area contributed by atoms with Crippen LogP contribution in [-0.4, -0.2) is 52.6 Å². The molecule has 4 heterocycles. The number of halogens is 5. The van der Waals surface area contributed by atoms with Crippen LogP contribution in [0.2, 0.25) is 5.02 Å². The molecule has 1 amide bonds. The Bertz CT molecular complexity index is 1910. The van der Waals surface area contributed by atoms with Crippen molar-refractivity contribution in [2.45, 2.75) is 26.8 Å². The lowest BCUT2D eigenvalue weighted by molar-refractivity contribution is -0.126. The van der Waals surface area contributed by atoms with Crippen LogP contribution >= 0.6 is 11.6 Å². The maximum atomic E-state index is 15.3. The van der Waals surface area contributed by atoms with Crippen molar-refractivity contribution in [1.29, 1.82) is 5.26 Å². The molecule has 2 aromatic heterocycles. The largest absolute Gasteiger partial charge is 0.394 e. The monoisotopic (exact) mass is 641 g/mol. The molecular weight excluding hydrogens is 614 g/mol. The van der Waals surface area contributed by atoms with Crippen molar-refractivity contribution in [3.05, 3.63) is 80.8 Å². The number of nitrogen functional groups attached to an aromatic ring is 1. The number of hydrogen-bond donors (Lipinski definition) is 2. The van der Waals surface area contributed by atoms with Gasteiger partial charge in [0.15, 0.2) is 23.3 Å². The molecule has 1 atom stereocenters. The van der Waals surface area contributed by atoms with Gasteiger partial charge in [0, 0.05) is 31.6 Å². The molecule has 5 rings (SSSR count). The lowest BCUT2D eigenvalue weighted by atomic mass is 9.94. The van der Waals surface area contributed by atoms with Gasteiger partial charge in [-0.3, -0.25) is 14.2 Å². The van der Waals surface area contributed by atoms with Crippen molar-refractivity contribution >= 4 is 45.6 Å². The molecule has 234 valence electrons. The number of pyridine rings is 2. The minimum atomic E-state index is -2.02. The number of aromatic nitrogens is 2. The van der Waals surface area contributed by atoms with Crippen LogP contribution in [0, 0.1) is 40.5 Å². The Morgan fingerprint density at radius 2 is 1.84 bits per heavy atom. The molecule has 9 nitrogen and oxygen atoms in total. The van der Waals surface area contributed by atoms with E-state index in [9.17, 15) is 23.6 Å². The van der Waals surface area contributed by atoms with Gasteiger partial charge in [-0.15, -0.1) is 0 Å². The smallest absolute Gasteiger partial charge is 0.276 e. The Morgan fingerprint density at radius 3 is 2.44 bits per heavy atom. The summed E-state index contributed by atoms with van der Waals surface area (Å²) in [7, 11) is 0. The number of nitrogens with two attached hydrogens (primary N) is 1. The summed E-state index contributed by atoms with van der Waals surface area (Å²) in [5.41, 5.74) is 2.44. The highest BCUT2D eigenvalue weighted by Gasteiger charge is 2.33. The van der Waals surface area contributed by atoms with Crippen molar-refractivity contribution in [2.24, 2.45) is 5.92 Å². The van der Waals surface area contributed by atoms with Crippen molar-refractivity contribution in [3.8, 4) is 17.3 Å². The van der Waals surface area contributed by atoms with Crippen LogP contribution in [0.3, 0.4) is 0 Å². The second-order valence-electron chi connectivity index (χ2n) is 11.0. The summed E-state index contributed by atoms with van der Waals surface area (Å²) in [6, 6.07) is 2.82. The number of amides is 1. The number of nitrogens with one attached hydrogen (secondary N) is 1. The lowest BCUT2D eigenvalue weighted by Crippen LogP contribution is -2.49. The van der Waals surface area contributed by atoms with E-state index in [1.165, 1.54) is 16.7 Å². The fourth-order valence-corrected chi connectivity index (χ4v) is 5.99. The van der Waals surface area contributed by atoms with E-state index < -0.39 is 51.8 Å². The summed E-state index contributed by atoms with van der Waals surface area (Å²) in [4.78, 5) is 34.2. The number of benzene rings is 1. The second kappa shape index (κ2) is 11.9. The summed E-state index contributed by atoms with van der Waals surface area (Å²) < 4.78 is 60.2. The second-order valence-corrected chi connectivity index (χ2v) is 11.4. The molecule has 0 radical (unpaired) electrons. The van der Waals surface area contributed by atoms with Crippen molar-refractivity contribution < 1.29 is 22.4 Å². The third-order valence-corrected chi connectivity index (χ3v) is 8.31. The van der Waals surface area contributed by atoms with Crippen LogP contribution < -0.4 is 21.5 Å². The van der Waals surface area contributed by atoms with E-state index in [4.69, 9.17) is 17.3 Å². The molecule has 0 unspecified atom stereocenters. The van der Waals surface area contributed by atoms with Gasteiger partial charge in [0.2, 0.25) is 5.91 Å². The van der Waals surface area contributed by atoms with E-state index in [2.05, 4.69) is 16.9 Å². The molecule has 0 bridgehead atoms. The molecule has 2 aliphatic heterocycles. The molecule has 0 spiro atoms. The Morgan fingerprint density at radius 1 is 1.18 bits per heavy atom. The first-order chi connectivity index (χ1) is 21.3. The number of rotatable bonds is 5. The van der Waals surface area contributed by atoms with Crippen molar-refractivity contribution in [3.63, 3.8) is 0 Å². The zero-order valence-corrected chi connectivity index (χ0v) is 25.3. The van der Waals surface area contributed by atoms with Crippen LogP contribution in [0.15, 0.2) is 41.4 Å². The zero-order chi connectivity index (χ0) is 32.9. The normalized spacial score (nSPS) is 16.8. The highest BCUT2D eigenvalue weighted by molar-refractivity contribution is 6.34. The standard InChI is InChI=1S/C31H28ClF4N7O2/c1-5-19(44)41-8-10-42(11-9-41)29-16-12-18(32)27(20-21(33)23(35)24(36)25(38)22(20)34)40-30(16)43(31(45)17(29)13-37)28-15(4)6-7-39-26(28)14(2)3/h5-7,12,14,26,39H,1,8-11,38H2,2-4H3/t26-/m1/s1. The average molecular weight is 642 g/mol. The van der Waals surface area contributed by atoms with E-state index in [1.807, 2.05) is 19.9 Å². The number of piperazine rings is 1. The van der Waals surface area contributed by atoms with Gasteiger partial charge in [-0.1, -0.05) is 32.0 Å². The van der Waals surface area contributed by atoms with Crippen molar-refractivity contribution in [1.82, 2.24) is 19.8 Å². The minimum absolute atomic E-state index is 0.0878. The Labute approximate surface area is 260 Å². The summed E-state index contributed by atoms with van der Waals surface area (Å²) >= 11 is 6.56. The molecule has 14 heteroatoms. The van der Waals surface area contributed by atoms with E-state index in [0.717, 1.165) is 0 Å². The summed E-state index contributed by atoms with van der Waals surface area (Å²) in [5, 5.41) is 13.3. The number of anilines is 2. The van der Waals surface area contributed by atoms with E-state index in [1.54, 1.807) is 29.0 Å². The van der Waals surface area contributed by atoms with Gasteiger partial charge in [0.05, 0.1) is 33.7 Å². The van der Waals surface area contributed by atoms with Crippen LogP contribution in [0.5, 0.6) is 0 Å². The van der Waals surface area contributed by atoms with Crippen LogP contribution in [0.25, 0.3) is 28.0 Å². The number of dihydropyridines is 1. The highest BCUT2D eigenvalue weighted by atomic mass is 35.5. The van der Waals surface area contributed by atoms with Crippen molar-refractivity contribution in [2.75, 3.05) is 36.8 Å². The SMILES string of the molecule is C=CC(=O)N1CCN(c2c(C#N)c(=O)n(C3=C(C)C=CN[C@@H]3C(C)C)c3nc(-c4c(F)c(N)c(F)c(F)c4F)c(Cl)cc23)CC1. The first-order valence-corrected chi connectivity index (χ1v) is 14.3. The van der Waals surface area contributed by atoms with E-state index >= 15 is 8.78 Å². The number of fused-ring (bicyclic) bond motifs is 1. The summed E-state index contributed by atoms with van der Waals surface area (Å²) in [5.74, 6) is -7.82. The summed E-state index contributed by atoms with van der Waals surface area (Å²) in [6.45, 7) is 10.0. The van der Waals surface area contributed by atoms with E-state index in [0.29, 0.717) is 11.3 Å². The van der Waals surface area contributed by atoms with Gasteiger partial charge < -0.3 is 20.9 Å². The molecule has 1 fully saturated rings. The third kappa shape index (κ3) is 5.08. The van der Waals surface area contributed by atoms with Gasteiger partial charge in [-0.2, -0.15) is 5.26 Å². The maximum absolute atomic E-state index is 15.3. The minimum Gasteiger partial charge on any atom is -0.394 e. The molecule has 45 heavy (non-hydrogen) atoms. The molecular formula is C31H28ClF4N7O2. The van der Waals surface area contributed by atoms with Crippen LogP contribution in [0.1, 0.15) is 26.3 Å². The van der Waals surface area contributed by atoms with Gasteiger partial charge in [0.25, 0.3) is 5.56 Å². The van der Waals surface area contributed by atoms with Gasteiger partial charge in [0.1, 0.15) is 23.0 Å². The molecule has 2 aliphatic rings. The summed E-state index contributed by atoms with van der Waals surface area (Å²) in [6.07, 6.45) is 4.62. The first kappa shape index (κ1) is 31.6. The molecule has 0 saturated carbocycles. The molecule has 0 aliphatic carbocycles. The van der Waals surface area contributed by atoms with Gasteiger partial charge in [-0.05, 0) is 42.8 Å². The Kier molecular flexibility index (Phi) is 8.37. The molecule has 3 N–H and O–H groups in total. The fraction of sp³-hybridized carbons (Fsp3) is 0.290. The average Bonchev–Trinajstić information content (AvgIpc) is 3.02. The van der Waals surface area contributed by atoms with Crippen LogP contribution in [-0.2, 0) is 4.79 Å². The Balaban J connectivity index is 1.90. The third-order valence-electron chi connectivity index (χ3n) is 8.02. The molecule has 1 aromatic carbocycles. The van der Waals surface area contributed by atoms with Crippen LogP contribution in [0.4, 0.5) is 28.9 Å². The lowest BCUT2D eigenvalue weighted by Gasteiger charge is -2.37. The highest BCUT2D eigenvalue weighted by Crippen LogP contribution is 2.40. The molecule has 3 aromatic rings. The fourth-order valence-electron chi connectivity index (χ4n) is 5.75. The van der Waals surface area contributed by atoms with Gasteiger partial charge in [-0.25, -0.2) is 22.5 Å². The number of carbonyl (C=O) groups excluding carboxylic acids is 1. The Hall–Kier alpha value is -4.83. The topological polar surface area (TPSA) is 120 Å². The number of nitrogens with zero attached hydrogens (tertiary/aromatic N) is 5. The number of nitriles is 1. The zero-order valence-electron chi connectivity index (χ0n) is 24.5. The number of hydrogen-bond acceptors (Lipinski definition) is 7. The number of allylic oxidation sites excluding steroid dienone is 2.